The van der Waals surface area contributed by atoms with Crippen LogP contribution in [0.5, 0.6) is 5.75 Å². The number of para-hydroxylation sites is 1. The predicted octanol–water partition coefficient (Wildman–Crippen LogP) is 6.09. The Morgan fingerprint density at radius 1 is 1.08 bits per heavy atom. The average Bonchev–Trinajstić information content (AvgIpc) is 3.18. The van der Waals surface area contributed by atoms with Crippen LogP contribution in [0.2, 0.25) is 0 Å². The fourth-order valence-electron chi connectivity index (χ4n) is 5.24. The fraction of sp³-hybridized carbons (Fsp3) is 0.448. The van der Waals surface area contributed by atoms with E-state index in [1.807, 2.05) is 35.2 Å². The summed E-state index contributed by atoms with van der Waals surface area (Å²) < 4.78 is 14.5. The molecule has 4 rings (SSSR count). The lowest BCUT2D eigenvalue weighted by atomic mass is 9.93. The number of aryl methyl sites for hydroxylation is 2. The van der Waals surface area contributed by atoms with Gasteiger partial charge in [-0.15, -0.1) is 0 Å². The molecular weight excluding hydrogens is 520 g/mol. The number of nitrogens with zero attached hydrogens (tertiary/aromatic N) is 2. The Hall–Kier alpha value is -2.64. The predicted molar refractivity (Wildman–Crippen MR) is 145 cm³/mol. The second-order valence-corrected chi connectivity index (χ2v) is 10.4. The highest BCUT2D eigenvalue weighted by atomic mass is 79.9. The third kappa shape index (κ3) is 6.37. The standard InChI is InChI=1S/C29H35BrN2O4/c1-21(33)36-29-25-10-3-4-11-26(25)32(18-7-19-35-2)28(29)23-9-6-17-31(20-23)27(34)12-5-8-22-13-15-24(30)16-14-22/h3-4,10-11,13-16,23H,5-9,12,17-20H2,1-2H3. The van der Waals surface area contributed by atoms with Crippen molar-refractivity contribution in [1.82, 2.24) is 9.47 Å². The van der Waals surface area contributed by atoms with Crippen LogP contribution in [0.4, 0.5) is 0 Å². The van der Waals surface area contributed by atoms with Gasteiger partial charge in [0.2, 0.25) is 5.91 Å². The first-order valence-corrected chi connectivity index (χ1v) is 13.6. The van der Waals surface area contributed by atoms with Crippen LogP contribution in [0.15, 0.2) is 53.0 Å². The quantitative estimate of drug-likeness (QED) is 0.224. The second-order valence-electron chi connectivity index (χ2n) is 9.48. The Balaban J connectivity index is 1.53. The SMILES string of the molecule is COCCCn1c(C2CCCN(C(=O)CCCc3ccc(Br)cc3)C2)c(OC(C)=O)c2ccccc21. The number of benzene rings is 2. The summed E-state index contributed by atoms with van der Waals surface area (Å²) in [5.74, 6) is 0.629. The summed E-state index contributed by atoms with van der Waals surface area (Å²) in [6.45, 7) is 4.29. The Kier molecular flexibility index (Phi) is 9.21. The molecule has 1 amide bonds. The van der Waals surface area contributed by atoms with Crippen molar-refractivity contribution in [3.8, 4) is 5.75 Å². The van der Waals surface area contributed by atoms with Crippen LogP contribution in [0, 0.1) is 0 Å². The van der Waals surface area contributed by atoms with Crippen molar-refractivity contribution >= 4 is 38.7 Å². The van der Waals surface area contributed by atoms with Gasteiger partial charge in [0.15, 0.2) is 5.75 Å². The molecule has 1 atom stereocenters. The maximum absolute atomic E-state index is 13.2. The minimum Gasteiger partial charge on any atom is -0.424 e. The Labute approximate surface area is 221 Å². The highest BCUT2D eigenvalue weighted by molar-refractivity contribution is 9.10. The van der Waals surface area contributed by atoms with Gasteiger partial charge in [0, 0.05) is 62.5 Å². The molecule has 0 N–H and O–H groups in total. The van der Waals surface area contributed by atoms with Crippen LogP contribution < -0.4 is 4.74 Å². The zero-order valence-electron chi connectivity index (χ0n) is 21.2. The molecule has 36 heavy (non-hydrogen) atoms. The largest absolute Gasteiger partial charge is 0.424 e. The van der Waals surface area contributed by atoms with E-state index in [-0.39, 0.29) is 17.8 Å². The van der Waals surface area contributed by atoms with Crippen molar-refractivity contribution < 1.29 is 19.1 Å². The van der Waals surface area contributed by atoms with E-state index < -0.39 is 0 Å². The van der Waals surface area contributed by atoms with E-state index in [2.05, 4.69) is 38.7 Å². The Morgan fingerprint density at radius 3 is 2.61 bits per heavy atom. The first-order valence-electron chi connectivity index (χ1n) is 12.8. The number of ether oxygens (including phenoxy) is 2. The third-order valence-electron chi connectivity index (χ3n) is 6.87. The number of piperidine rings is 1. The molecule has 6 nitrogen and oxygen atoms in total. The van der Waals surface area contributed by atoms with Gasteiger partial charge >= 0.3 is 5.97 Å². The van der Waals surface area contributed by atoms with Crippen molar-refractivity contribution in [3.63, 3.8) is 0 Å². The molecule has 1 unspecified atom stereocenters. The smallest absolute Gasteiger partial charge is 0.308 e. The molecule has 1 aromatic heterocycles. The fourth-order valence-corrected chi connectivity index (χ4v) is 5.50. The topological polar surface area (TPSA) is 60.8 Å². The lowest BCUT2D eigenvalue weighted by molar-refractivity contribution is -0.133. The summed E-state index contributed by atoms with van der Waals surface area (Å²) in [6, 6.07) is 16.4. The summed E-state index contributed by atoms with van der Waals surface area (Å²) in [4.78, 5) is 27.2. The van der Waals surface area contributed by atoms with Gasteiger partial charge < -0.3 is 18.9 Å². The lowest BCUT2D eigenvalue weighted by Crippen LogP contribution is -2.39. The van der Waals surface area contributed by atoms with E-state index in [0.717, 1.165) is 66.3 Å². The second kappa shape index (κ2) is 12.5. The summed E-state index contributed by atoms with van der Waals surface area (Å²) >= 11 is 3.47. The van der Waals surface area contributed by atoms with Gasteiger partial charge in [0.05, 0.1) is 11.2 Å². The molecule has 3 aromatic rings. The number of methoxy groups -OCH3 is 1. The molecule has 1 aliphatic heterocycles. The number of likely N-dealkylation sites (tertiary alicyclic amines) is 1. The number of amides is 1. The maximum atomic E-state index is 13.2. The molecule has 1 aliphatic rings. The molecule has 1 fully saturated rings. The number of hydrogen-bond donors (Lipinski definition) is 0. The summed E-state index contributed by atoms with van der Waals surface area (Å²) in [7, 11) is 1.71. The zero-order chi connectivity index (χ0) is 25.5. The molecular formula is C29H35BrN2O4. The first-order chi connectivity index (χ1) is 17.5. The molecule has 0 saturated carbocycles. The van der Waals surface area contributed by atoms with Gasteiger partial charge in [-0.1, -0.05) is 40.2 Å². The molecule has 0 bridgehead atoms. The van der Waals surface area contributed by atoms with E-state index in [1.165, 1.54) is 12.5 Å². The highest BCUT2D eigenvalue weighted by Crippen LogP contribution is 2.41. The van der Waals surface area contributed by atoms with Crippen LogP contribution >= 0.6 is 15.9 Å². The molecule has 192 valence electrons. The zero-order valence-corrected chi connectivity index (χ0v) is 22.8. The van der Waals surface area contributed by atoms with Crippen LogP contribution in [-0.2, 0) is 27.3 Å². The van der Waals surface area contributed by atoms with E-state index >= 15 is 0 Å². The van der Waals surface area contributed by atoms with Crippen LogP contribution in [0.3, 0.4) is 0 Å². The third-order valence-corrected chi connectivity index (χ3v) is 7.40. The van der Waals surface area contributed by atoms with Gasteiger partial charge in [-0.2, -0.15) is 0 Å². The highest BCUT2D eigenvalue weighted by Gasteiger charge is 2.31. The molecule has 0 radical (unpaired) electrons. The monoisotopic (exact) mass is 554 g/mol. The van der Waals surface area contributed by atoms with Crippen molar-refractivity contribution in [1.29, 1.82) is 0 Å². The van der Waals surface area contributed by atoms with E-state index in [9.17, 15) is 9.59 Å². The minimum absolute atomic E-state index is 0.110. The van der Waals surface area contributed by atoms with Gasteiger partial charge in [-0.25, -0.2) is 0 Å². The number of fused-ring (bicyclic) bond motifs is 1. The number of carbonyl (C=O) groups excluding carboxylic acids is 2. The van der Waals surface area contributed by atoms with Crippen LogP contribution in [0.25, 0.3) is 10.9 Å². The number of esters is 1. The number of halogens is 1. The Bertz CT molecular complexity index is 1190. The van der Waals surface area contributed by atoms with Gasteiger partial charge in [0.25, 0.3) is 0 Å². The molecule has 7 heteroatoms. The van der Waals surface area contributed by atoms with Crippen molar-refractivity contribution in [2.45, 2.75) is 57.9 Å². The summed E-state index contributed by atoms with van der Waals surface area (Å²) in [5.41, 5.74) is 3.32. The van der Waals surface area contributed by atoms with Crippen LogP contribution in [0.1, 0.15) is 56.2 Å². The van der Waals surface area contributed by atoms with Crippen LogP contribution in [-0.4, -0.2) is 48.1 Å². The van der Waals surface area contributed by atoms with Crippen molar-refractivity contribution in [2.24, 2.45) is 0 Å². The molecule has 2 heterocycles. The van der Waals surface area contributed by atoms with Gasteiger partial charge in [-0.3, -0.25) is 9.59 Å². The number of carbonyl (C=O) groups is 2. The van der Waals surface area contributed by atoms with E-state index in [1.54, 1.807) is 7.11 Å². The molecule has 1 saturated heterocycles. The van der Waals surface area contributed by atoms with Gasteiger partial charge in [0.1, 0.15) is 0 Å². The number of aromatic nitrogens is 1. The van der Waals surface area contributed by atoms with Gasteiger partial charge in [-0.05, 0) is 61.9 Å². The number of hydrogen-bond acceptors (Lipinski definition) is 4. The maximum Gasteiger partial charge on any atom is 0.308 e. The normalized spacial score (nSPS) is 15.9. The number of rotatable bonds is 10. The average molecular weight is 556 g/mol. The summed E-state index contributed by atoms with van der Waals surface area (Å²) in [6.07, 6.45) is 5.00. The molecule has 0 aliphatic carbocycles. The lowest BCUT2D eigenvalue weighted by Gasteiger charge is -2.34. The Morgan fingerprint density at radius 2 is 1.86 bits per heavy atom. The first kappa shape index (κ1) is 26.4. The van der Waals surface area contributed by atoms with E-state index in [4.69, 9.17) is 9.47 Å². The van der Waals surface area contributed by atoms with Crippen molar-refractivity contribution in [3.05, 3.63) is 64.3 Å². The summed E-state index contributed by atoms with van der Waals surface area (Å²) in [5, 5.41) is 0.943. The molecule has 0 spiro atoms. The van der Waals surface area contributed by atoms with Crippen molar-refractivity contribution in [2.75, 3.05) is 26.8 Å². The minimum atomic E-state index is -0.326. The molecule has 2 aromatic carbocycles. The van der Waals surface area contributed by atoms with E-state index in [0.29, 0.717) is 25.3 Å².